The Labute approximate surface area is 132 Å². The van der Waals surface area contributed by atoms with Crippen molar-refractivity contribution >= 4 is 34.5 Å². The number of rotatable bonds is 5. The third-order valence-electron chi connectivity index (χ3n) is 2.87. The fourth-order valence-electron chi connectivity index (χ4n) is 1.67. The zero-order chi connectivity index (χ0) is 16.1. The summed E-state index contributed by atoms with van der Waals surface area (Å²) in [7, 11) is 0. The molecule has 2 aromatic rings. The van der Waals surface area contributed by atoms with E-state index in [2.05, 4.69) is 15.6 Å². The number of carbonyl (C=O) groups is 2. The molecule has 0 bridgehead atoms. The average Bonchev–Trinajstić information content (AvgIpc) is 2.96. The number of nitrogens with one attached hydrogen (secondary N) is 2. The predicted octanol–water partition coefficient (Wildman–Crippen LogP) is 2.45. The van der Waals surface area contributed by atoms with Gasteiger partial charge in [-0.2, -0.15) is 0 Å². The van der Waals surface area contributed by atoms with Gasteiger partial charge in [0.05, 0.1) is 0 Å². The van der Waals surface area contributed by atoms with Crippen LogP contribution in [0.3, 0.4) is 0 Å². The van der Waals surface area contributed by atoms with Crippen LogP contribution < -0.4 is 16.4 Å². The van der Waals surface area contributed by atoms with E-state index in [-0.39, 0.29) is 17.7 Å². The minimum Gasteiger partial charge on any atom is -0.326 e. The summed E-state index contributed by atoms with van der Waals surface area (Å²) in [6.45, 7) is 3.95. The van der Waals surface area contributed by atoms with Gasteiger partial charge >= 0.3 is 0 Å². The van der Waals surface area contributed by atoms with Crippen molar-refractivity contribution in [1.29, 1.82) is 0 Å². The molecule has 0 unspecified atom stereocenters. The summed E-state index contributed by atoms with van der Waals surface area (Å²) >= 11 is 1.35. The molecular weight excluding hydrogens is 300 g/mol. The third-order valence-corrected chi connectivity index (χ3v) is 3.74. The van der Waals surface area contributed by atoms with Gasteiger partial charge in [-0.15, -0.1) is 11.3 Å². The van der Waals surface area contributed by atoms with Gasteiger partial charge in [0.2, 0.25) is 5.91 Å². The van der Waals surface area contributed by atoms with Crippen LogP contribution in [0.5, 0.6) is 0 Å². The molecule has 0 aliphatic carbocycles. The van der Waals surface area contributed by atoms with E-state index in [1.807, 2.05) is 13.8 Å². The Morgan fingerprint density at radius 1 is 1.27 bits per heavy atom. The number of thiazole rings is 1. The van der Waals surface area contributed by atoms with Crippen LogP contribution >= 0.6 is 11.3 Å². The molecule has 1 aromatic carbocycles. The van der Waals surface area contributed by atoms with Crippen LogP contribution in [0, 0.1) is 5.92 Å². The predicted molar refractivity (Wildman–Crippen MR) is 87.9 cm³/mol. The van der Waals surface area contributed by atoms with Crippen LogP contribution in [-0.4, -0.2) is 16.8 Å². The molecule has 0 spiro atoms. The lowest BCUT2D eigenvalue weighted by Crippen LogP contribution is -2.18. The average molecular weight is 318 g/mol. The summed E-state index contributed by atoms with van der Waals surface area (Å²) in [5.74, 6) is -0.484. The van der Waals surface area contributed by atoms with Gasteiger partial charge in [-0.3, -0.25) is 9.59 Å². The lowest BCUT2D eigenvalue weighted by molar-refractivity contribution is -0.118. The van der Waals surface area contributed by atoms with Crippen molar-refractivity contribution in [2.45, 2.75) is 20.4 Å². The van der Waals surface area contributed by atoms with Crippen molar-refractivity contribution in [3.8, 4) is 0 Å². The maximum atomic E-state index is 12.1. The van der Waals surface area contributed by atoms with Crippen molar-refractivity contribution < 1.29 is 9.59 Å². The van der Waals surface area contributed by atoms with E-state index in [1.165, 1.54) is 11.3 Å². The standard InChI is InChI=1S/C15H18N4O2S/c1-9(2)14(20)17-10-4-3-5-11(6-10)18-15(21)12-8-22-13(7-16)19-12/h3-6,8-9H,7,16H2,1-2H3,(H,17,20)(H,18,21). The fraction of sp³-hybridized carbons (Fsp3) is 0.267. The van der Waals surface area contributed by atoms with Gasteiger partial charge in [0.1, 0.15) is 10.7 Å². The first-order valence-electron chi connectivity index (χ1n) is 6.86. The highest BCUT2D eigenvalue weighted by molar-refractivity contribution is 7.09. The Morgan fingerprint density at radius 3 is 2.55 bits per heavy atom. The second kappa shape index (κ2) is 7.15. The van der Waals surface area contributed by atoms with Crippen molar-refractivity contribution in [2.75, 3.05) is 10.6 Å². The number of hydrogen-bond donors (Lipinski definition) is 3. The van der Waals surface area contributed by atoms with Crippen LogP contribution in [0.1, 0.15) is 29.3 Å². The third kappa shape index (κ3) is 4.12. The molecule has 7 heteroatoms. The van der Waals surface area contributed by atoms with Gasteiger partial charge in [0.15, 0.2) is 0 Å². The molecule has 4 N–H and O–H groups in total. The first-order chi connectivity index (χ1) is 10.5. The highest BCUT2D eigenvalue weighted by Crippen LogP contribution is 2.17. The Kier molecular flexibility index (Phi) is 5.24. The van der Waals surface area contributed by atoms with E-state index in [0.717, 1.165) is 0 Å². The number of anilines is 2. The number of aromatic nitrogens is 1. The van der Waals surface area contributed by atoms with Crippen molar-refractivity contribution in [3.05, 3.63) is 40.3 Å². The van der Waals surface area contributed by atoms with E-state index in [1.54, 1.807) is 29.6 Å². The van der Waals surface area contributed by atoms with Crippen LogP contribution in [0.4, 0.5) is 11.4 Å². The zero-order valence-electron chi connectivity index (χ0n) is 12.4. The molecule has 6 nitrogen and oxygen atoms in total. The number of nitrogens with zero attached hydrogens (tertiary/aromatic N) is 1. The minimum atomic E-state index is -0.303. The Balaban J connectivity index is 2.06. The van der Waals surface area contributed by atoms with Gasteiger partial charge in [0, 0.05) is 29.2 Å². The van der Waals surface area contributed by atoms with Gasteiger partial charge in [-0.1, -0.05) is 19.9 Å². The quantitative estimate of drug-likeness (QED) is 0.789. The fourth-order valence-corrected chi connectivity index (χ4v) is 2.32. The van der Waals surface area contributed by atoms with E-state index in [9.17, 15) is 9.59 Å². The van der Waals surface area contributed by atoms with E-state index in [4.69, 9.17) is 5.73 Å². The first-order valence-corrected chi connectivity index (χ1v) is 7.74. The second-order valence-electron chi connectivity index (χ2n) is 5.01. The molecule has 2 rings (SSSR count). The molecule has 0 saturated carbocycles. The van der Waals surface area contributed by atoms with E-state index < -0.39 is 0 Å². The van der Waals surface area contributed by atoms with Gasteiger partial charge in [0.25, 0.3) is 5.91 Å². The minimum absolute atomic E-state index is 0.0736. The smallest absolute Gasteiger partial charge is 0.275 e. The molecule has 0 radical (unpaired) electrons. The highest BCUT2D eigenvalue weighted by atomic mass is 32.1. The molecule has 1 heterocycles. The Morgan fingerprint density at radius 2 is 1.95 bits per heavy atom. The number of hydrogen-bond acceptors (Lipinski definition) is 5. The molecule has 0 fully saturated rings. The summed E-state index contributed by atoms with van der Waals surface area (Å²) in [4.78, 5) is 27.9. The summed E-state index contributed by atoms with van der Waals surface area (Å²) in [6, 6.07) is 6.98. The van der Waals surface area contributed by atoms with E-state index in [0.29, 0.717) is 28.6 Å². The molecule has 2 amide bonds. The van der Waals surface area contributed by atoms with Crippen molar-refractivity contribution in [2.24, 2.45) is 11.7 Å². The number of nitrogens with two attached hydrogens (primary N) is 1. The Hall–Kier alpha value is -2.25. The van der Waals surface area contributed by atoms with Gasteiger partial charge in [-0.25, -0.2) is 4.98 Å². The summed E-state index contributed by atoms with van der Waals surface area (Å²) in [5, 5.41) is 7.92. The van der Waals surface area contributed by atoms with Crippen LogP contribution in [0.2, 0.25) is 0 Å². The molecule has 116 valence electrons. The van der Waals surface area contributed by atoms with Crippen molar-refractivity contribution in [1.82, 2.24) is 4.98 Å². The molecule has 1 aromatic heterocycles. The topological polar surface area (TPSA) is 97.1 Å². The maximum Gasteiger partial charge on any atom is 0.275 e. The number of benzene rings is 1. The largest absolute Gasteiger partial charge is 0.326 e. The number of amides is 2. The van der Waals surface area contributed by atoms with E-state index >= 15 is 0 Å². The highest BCUT2D eigenvalue weighted by Gasteiger charge is 2.11. The first kappa shape index (κ1) is 16.1. The van der Waals surface area contributed by atoms with Crippen LogP contribution in [0.15, 0.2) is 29.6 Å². The van der Waals surface area contributed by atoms with Crippen molar-refractivity contribution in [3.63, 3.8) is 0 Å². The normalized spacial score (nSPS) is 10.5. The van der Waals surface area contributed by atoms with Gasteiger partial charge in [-0.05, 0) is 18.2 Å². The molecule has 0 saturated heterocycles. The zero-order valence-corrected chi connectivity index (χ0v) is 13.2. The summed E-state index contributed by atoms with van der Waals surface area (Å²) in [6.07, 6.45) is 0. The maximum absolute atomic E-state index is 12.1. The lowest BCUT2D eigenvalue weighted by atomic mass is 10.2. The second-order valence-corrected chi connectivity index (χ2v) is 5.95. The summed E-state index contributed by atoms with van der Waals surface area (Å²) < 4.78 is 0. The molecular formula is C15H18N4O2S. The molecule has 0 atom stereocenters. The summed E-state index contributed by atoms with van der Waals surface area (Å²) in [5.41, 5.74) is 7.05. The monoisotopic (exact) mass is 318 g/mol. The molecule has 22 heavy (non-hydrogen) atoms. The van der Waals surface area contributed by atoms with Gasteiger partial charge < -0.3 is 16.4 Å². The lowest BCUT2D eigenvalue weighted by Gasteiger charge is -2.09. The molecule has 0 aliphatic heterocycles. The van der Waals surface area contributed by atoms with Crippen LogP contribution in [0.25, 0.3) is 0 Å². The Bertz CT molecular complexity index is 682. The van der Waals surface area contributed by atoms with Crippen LogP contribution in [-0.2, 0) is 11.3 Å². The SMILES string of the molecule is CC(C)C(=O)Nc1cccc(NC(=O)c2csc(CN)n2)c1. The number of carbonyl (C=O) groups excluding carboxylic acids is 2. The molecule has 0 aliphatic rings.